The largest absolute Gasteiger partial charge is 0.379 e. The van der Waals surface area contributed by atoms with Crippen molar-refractivity contribution in [3.63, 3.8) is 0 Å². The highest BCUT2D eigenvalue weighted by atomic mass is 16.5. The molecule has 0 aromatic rings. The first-order chi connectivity index (χ1) is 7.27. The molecule has 0 saturated heterocycles. The zero-order valence-corrected chi connectivity index (χ0v) is 12.3. The first kappa shape index (κ1) is 15.9. The van der Waals surface area contributed by atoms with Crippen LogP contribution in [0, 0.1) is 11.3 Å². The Bertz CT molecular complexity index is 189. The van der Waals surface area contributed by atoms with E-state index in [1.165, 1.54) is 6.42 Å². The van der Waals surface area contributed by atoms with Crippen molar-refractivity contribution in [3.05, 3.63) is 0 Å². The second kappa shape index (κ2) is 6.61. The van der Waals surface area contributed by atoms with Crippen molar-refractivity contribution >= 4 is 0 Å². The van der Waals surface area contributed by atoms with Crippen molar-refractivity contribution in [1.82, 2.24) is 5.32 Å². The highest BCUT2D eigenvalue weighted by molar-refractivity contribution is 4.83. The van der Waals surface area contributed by atoms with Crippen LogP contribution in [0.15, 0.2) is 0 Å². The normalized spacial score (nSPS) is 16.5. The van der Waals surface area contributed by atoms with E-state index in [0.717, 1.165) is 19.5 Å². The third-order valence-corrected chi connectivity index (χ3v) is 4.02. The lowest BCUT2D eigenvalue weighted by Gasteiger charge is -2.37. The Morgan fingerprint density at radius 3 is 2.06 bits per heavy atom. The van der Waals surface area contributed by atoms with E-state index in [0.29, 0.717) is 11.3 Å². The predicted molar refractivity (Wildman–Crippen MR) is 71.8 cm³/mol. The average molecular weight is 229 g/mol. The number of nitrogens with one attached hydrogen (secondary N) is 1. The topological polar surface area (TPSA) is 21.3 Å². The van der Waals surface area contributed by atoms with Crippen LogP contribution in [-0.2, 0) is 4.74 Å². The summed E-state index contributed by atoms with van der Waals surface area (Å²) in [7, 11) is 1.80. The molecule has 0 bridgehead atoms. The highest BCUT2D eigenvalue weighted by Gasteiger charge is 2.30. The van der Waals surface area contributed by atoms with E-state index in [1.807, 2.05) is 0 Å². The zero-order chi connectivity index (χ0) is 12.8. The van der Waals surface area contributed by atoms with Crippen LogP contribution in [-0.4, -0.2) is 25.8 Å². The van der Waals surface area contributed by atoms with E-state index < -0.39 is 0 Å². The molecular formula is C14H31NO. The summed E-state index contributed by atoms with van der Waals surface area (Å²) >= 11 is 0. The van der Waals surface area contributed by atoms with Gasteiger partial charge in [0, 0.05) is 13.7 Å². The van der Waals surface area contributed by atoms with Crippen LogP contribution < -0.4 is 5.32 Å². The first-order valence-electron chi connectivity index (χ1n) is 6.53. The quantitative estimate of drug-likeness (QED) is 0.688. The van der Waals surface area contributed by atoms with Gasteiger partial charge in [-0.2, -0.15) is 0 Å². The fourth-order valence-electron chi connectivity index (χ4n) is 1.68. The van der Waals surface area contributed by atoms with E-state index in [4.69, 9.17) is 4.74 Å². The van der Waals surface area contributed by atoms with E-state index in [2.05, 4.69) is 46.9 Å². The van der Waals surface area contributed by atoms with Gasteiger partial charge in [0.1, 0.15) is 0 Å². The number of ether oxygens (including phenoxy) is 1. The Morgan fingerprint density at radius 2 is 1.69 bits per heavy atom. The Kier molecular flexibility index (Phi) is 6.57. The molecule has 0 rings (SSSR count). The molecule has 0 radical (unpaired) electrons. The number of methoxy groups -OCH3 is 1. The van der Waals surface area contributed by atoms with Crippen LogP contribution in [0.4, 0.5) is 0 Å². The minimum atomic E-state index is 0.00235. The molecule has 2 heteroatoms. The van der Waals surface area contributed by atoms with Gasteiger partial charge in [-0.1, -0.05) is 27.7 Å². The maximum Gasteiger partial charge on any atom is 0.0623 e. The van der Waals surface area contributed by atoms with Crippen molar-refractivity contribution in [2.45, 2.75) is 60.0 Å². The summed E-state index contributed by atoms with van der Waals surface area (Å²) in [5.74, 6) is 0.694. The lowest BCUT2D eigenvalue weighted by Crippen LogP contribution is -2.38. The smallest absolute Gasteiger partial charge is 0.0623 e. The second-order valence-corrected chi connectivity index (χ2v) is 6.05. The minimum absolute atomic E-state index is 0.00235. The Balaban J connectivity index is 4.33. The summed E-state index contributed by atoms with van der Waals surface area (Å²) in [6, 6.07) is 0. The van der Waals surface area contributed by atoms with Gasteiger partial charge in [-0.25, -0.2) is 0 Å². The van der Waals surface area contributed by atoms with Crippen LogP contribution >= 0.6 is 0 Å². The molecule has 0 aliphatic heterocycles. The van der Waals surface area contributed by atoms with E-state index in [9.17, 15) is 0 Å². The van der Waals surface area contributed by atoms with Gasteiger partial charge < -0.3 is 10.1 Å². The maximum absolute atomic E-state index is 5.50. The molecule has 98 valence electrons. The molecule has 0 fully saturated rings. The SMILES string of the molecule is CCNCC(C)(CCC(C)(C)OC)C(C)C. The van der Waals surface area contributed by atoms with E-state index in [-0.39, 0.29) is 5.60 Å². The molecule has 2 nitrogen and oxygen atoms in total. The molecule has 0 aromatic heterocycles. The van der Waals surface area contributed by atoms with Crippen LogP contribution in [0.5, 0.6) is 0 Å². The Hall–Kier alpha value is -0.0800. The number of hydrogen-bond acceptors (Lipinski definition) is 2. The van der Waals surface area contributed by atoms with Gasteiger partial charge >= 0.3 is 0 Å². The van der Waals surface area contributed by atoms with Crippen LogP contribution in [0.25, 0.3) is 0 Å². The molecule has 16 heavy (non-hydrogen) atoms. The van der Waals surface area contributed by atoms with Crippen LogP contribution in [0.3, 0.4) is 0 Å². The molecule has 0 aliphatic rings. The van der Waals surface area contributed by atoms with Gasteiger partial charge in [-0.15, -0.1) is 0 Å². The molecule has 1 N–H and O–H groups in total. The molecule has 0 saturated carbocycles. The molecule has 0 aliphatic carbocycles. The molecule has 1 atom stereocenters. The van der Waals surface area contributed by atoms with Crippen LogP contribution in [0.1, 0.15) is 54.4 Å². The van der Waals surface area contributed by atoms with Crippen molar-refractivity contribution in [2.24, 2.45) is 11.3 Å². The van der Waals surface area contributed by atoms with Gasteiger partial charge in [0.15, 0.2) is 0 Å². The molecule has 1 unspecified atom stereocenters. The minimum Gasteiger partial charge on any atom is -0.379 e. The summed E-state index contributed by atoms with van der Waals surface area (Å²) < 4.78 is 5.50. The summed E-state index contributed by atoms with van der Waals surface area (Å²) in [6.45, 7) is 15.7. The van der Waals surface area contributed by atoms with Gasteiger partial charge in [-0.3, -0.25) is 0 Å². The van der Waals surface area contributed by atoms with E-state index in [1.54, 1.807) is 7.11 Å². The maximum atomic E-state index is 5.50. The Morgan fingerprint density at radius 1 is 1.12 bits per heavy atom. The Labute approximate surface area is 102 Å². The van der Waals surface area contributed by atoms with Crippen molar-refractivity contribution < 1.29 is 4.74 Å². The van der Waals surface area contributed by atoms with E-state index >= 15 is 0 Å². The molecule has 0 spiro atoms. The third-order valence-electron chi connectivity index (χ3n) is 4.02. The van der Waals surface area contributed by atoms with Gasteiger partial charge in [0.2, 0.25) is 0 Å². The summed E-state index contributed by atoms with van der Waals surface area (Å²) in [6.07, 6.45) is 2.32. The molecule has 0 amide bonds. The van der Waals surface area contributed by atoms with Gasteiger partial charge in [0.05, 0.1) is 5.60 Å². The summed E-state index contributed by atoms with van der Waals surface area (Å²) in [5, 5.41) is 3.48. The van der Waals surface area contributed by atoms with Crippen LogP contribution in [0.2, 0.25) is 0 Å². The van der Waals surface area contributed by atoms with Crippen molar-refractivity contribution in [3.8, 4) is 0 Å². The fourth-order valence-corrected chi connectivity index (χ4v) is 1.68. The van der Waals surface area contributed by atoms with Gasteiger partial charge in [0.25, 0.3) is 0 Å². The van der Waals surface area contributed by atoms with Gasteiger partial charge in [-0.05, 0) is 44.6 Å². The summed E-state index contributed by atoms with van der Waals surface area (Å²) in [5.41, 5.74) is 0.369. The molecule has 0 aromatic carbocycles. The first-order valence-corrected chi connectivity index (χ1v) is 6.53. The predicted octanol–water partition coefficient (Wildman–Crippen LogP) is 3.46. The van der Waals surface area contributed by atoms with Crippen molar-refractivity contribution in [1.29, 1.82) is 0 Å². The monoisotopic (exact) mass is 229 g/mol. The van der Waals surface area contributed by atoms with Crippen molar-refractivity contribution in [2.75, 3.05) is 20.2 Å². The standard InChI is InChI=1S/C14H31NO/c1-8-15-11-14(6,12(2)3)10-9-13(4,5)16-7/h12,15H,8-11H2,1-7H3. The summed E-state index contributed by atoms with van der Waals surface area (Å²) in [4.78, 5) is 0. The molecule has 0 heterocycles. The second-order valence-electron chi connectivity index (χ2n) is 6.05. The lowest BCUT2D eigenvalue weighted by atomic mass is 9.73. The third kappa shape index (κ3) is 5.31. The lowest BCUT2D eigenvalue weighted by molar-refractivity contribution is 0.000439. The fraction of sp³-hybridized carbons (Fsp3) is 1.00. The average Bonchev–Trinajstić information content (AvgIpc) is 2.23. The zero-order valence-electron chi connectivity index (χ0n) is 12.3. The number of hydrogen-bond donors (Lipinski definition) is 1. The highest BCUT2D eigenvalue weighted by Crippen LogP contribution is 2.34. The molecular weight excluding hydrogens is 198 g/mol. The number of rotatable bonds is 8.